The van der Waals surface area contributed by atoms with Crippen LogP contribution in [0.3, 0.4) is 0 Å². The molecule has 0 unspecified atom stereocenters. The molecule has 11 nitrogen and oxygen atoms in total. The van der Waals surface area contributed by atoms with Crippen molar-refractivity contribution in [2.24, 2.45) is 0 Å². The van der Waals surface area contributed by atoms with Crippen molar-refractivity contribution in [1.29, 1.82) is 0 Å². The summed E-state index contributed by atoms with van der Waals surface area (Å²) in [5.74, 6) is 0.411. The van der Waals surface area contributed by atoms with Crippen molar-refractivity contribution in [2.75, 3.05) is 5.73 Å². The molecule has 3 rings (SSSR count). The minimum Gasteiger partial charge on any atom is -0.367 e. The van der Waals surface area contributed by atoms with Gasteiger partial charge >= 0.3 is 11.1 Å². The highest BCUT2D eigenvalue weighted by atomic mass is 16.6. The Bertz CT molecular complexity index is 1050. The first-order chi connectivity index (χ1) is 10.9. The largest absolute Gasteiger partial charge is 0.367 e. The number of benzene rings is 1. The number of nitrogens with two attached hydrogens (primary N) is 1. The fourth-order valence-corrected chi connectivity index (χ4v) is 2.38. The molecule has 3 aromatic rings. The lowest BCUT2D eigenvalue weighted by atomic mass is 10.0. The highest BCUT2D eigenvalue weighted by Gasteiger charge is 2.20. The van der Waals surface area contributed by atoms with Crippen LogP contribution in [-0.4, -0.2) is 30.1 Å². The van der Waals surface area contributed by atoms with Crippen LogP contribution in [0.1, 0.15) is 17.0 Å². The summed E-state index contributed by atoms with van der Waals surface area (Å²) in [4.78, 5) is 42.4. The molecule has 0 atom stereocenters. The zero-order valence-corrected chi connectivity index (χ0v) is 11.8. The number of anilines is 1. The average molecular weight is 317 g/mol. The summed E-state index contributed by atoms with van der Waals surface area (Å²) in [7, 11) is 0. The Labute approximate surface area is 126 Å². The van der Waals surface area contributed by atoms with Crippen molar-refractivity contribution < 1.29 is 4.92 Å². The number of fused-ring (bicyclic) bond motifs is 1. The SMILES string of the molecule is Cc1c([N+](=O)[O-])cc2[nH]c(=O)c(=O)[nH]c2c1Cc1nc(N)n[nH]1. The van der Waals surface area contributed by atoms with E-state index in [1.54, 1.807) is 6.92 Å². The third-order valence-corrected chi connectivity index (χ3v) is 3.47. The molecule has 118 valence electrons. The first kappa shape index (κ1) is 14.4. The normalized spacial score (nSPS) is 11.0. The first-order valence-corrected chi connectivity index (χ1v) is 6.46. The number of nitrogen functional groups attached to an aromatic ring is 1. The first-order valence-electron chi connectivity index (χ1n) is 6.46. The van der Waals surface area contributed by atoms with Gasteiger partial charge in [0.05, 0.1) is 16.0 Å². The van der Waals surface area contributed by atoms with Crippen LogP contribution in [0.5, 0.6) is 0 Å². The van der Waals surface area contributed by atoms with Gasteiger partial charge in [0.1, 0.15) is 5.82 Å². The quantitative estimate of drug-likeness (QED) is 0.291. The fourth-order valence-electron chi connectivity index (χ4n) is 2.38. The van der Waals surface area contributed by atoms with Gasteiger partial charge in [0.2, 0.25) is 5.95 Å². The van der Waals surface area contributed by atoms with Gasteiger partial charge in [0, 0.05) is 18.1 Å². The molecule has 0 bridgehead atoms. The van der Waals surface area contributed by atoms with Gasteiger partial charge in [-0.25, -0.2) is 0 Å². The molecule has 0 spiro atoms. The minimum atomic E-state index is -0.884. The van der Waals surface area contributed by atoms with Crippen LogP contribution >= 0.6 is 0 Å². The van der Waals surface area contributed by atoms with E-state index < -0.39 is 16.0 Å². The van der Waals surface area contributed by atoms with Gasteiger partial charge in [-0.15, -0.1) is 5.10 Å². The Hall–Kier alpha value is -3.50. The Kier molecular flexibility index (Phi) is 3.17. The smallest absolute Gasteiger partial charge is 0.314 e. The monoisotopic (exact) mass is 317 g/mol. The van der Waals surface area contributed by atoms with Crippen LogP contribution in [0.15, 0.2) is 15.7 Å². The number of hydrogen-bond donors (Lipinski definition) is 4. The van der Waals surface area contributed by atoms with Gasteiger partial charge in [-0.2, -0.15) is 4.98 Å². The fraction of sp³-hybridized carbons (Fsp3) is 0.167. The molecule has 1 aromatic carbocycles. The van der Waals surface area contributed by atoms with Crippen LogP contribution < -0.4 is 16.9 Å². The summed E-state index contributed by atoms with van der Waals surface area (Å²) in [5.41, 5.74) is 4.78. The molecule has 5 N–H and O–H groups in total. The second kappa shape index (κ2) is 5.05. The van der Waals surface area contributed by atoms with Crippen molar-refractivity contribution in [2.45, 2.75) is 13.3 Å². The van der Waals surface area contributed by atoms with Crippen molar-refractivity contribution in [3.8, 4) is 0 Å². The number of nitrogens with one attached hydrogen (secondary N) is 3. The number of aromatic amines is 3. The van der Waals surface area contributed by atoms with Crippen molar-refractivity contribution in [3.63, 3.8) is 0 Å². The summed E-state index contributed by atoms with van der Waals surface area (Å²) in [6, 6.07) is 1.21. The van der Waals surface area contributed by atoms with Crippen LogP contribution in [-0.2, 0) is 6.42 Å². The van der Waals surface area contributed by atoms with Gasteiger partial charge in [-0.05, 0) is 12.5 Å². The molecule has 0 aliphatic carbocycles. The third kappa shape index (κ3) is 2.43. The Morgan fingerprint density at radius 1 is 1.30 bits per heavy atom. The van der Waals surface area contributed by atoms with E-state index in [0.29, 0.717) is 22.5 Å². The molecule has 0 radical (unpaired) electrons. The molecule has 2 aromatic heterocycles. The molecule has 2 heterocycles. The molecule has 0 saturated heterocycles. The van der Waals surface area contributed by atoms with Gasteiger partial charge < -0.3 is 15.7 Å². The van der Waals surface area contributed by atoms with E-state index in [-0.39, 0.29) is 23.6 Å². The predicted molar refractivity (Wildman–Crippen MR) is 80.2 cm³/mol. The highest BCUT2D eigenvalue weighted by Crippen LogP contribution is 2.28. The molecular formula is C12H11N7O4. The van der Waals surface area contributed by atoms with E-state index in [0.717, 1.165) is 0 Å². The summed E-state index contributed by atoms with van der Waals surface area (Å²) < 4.78 is 0. The van der Waals surface area contributed by atoms with Crippen molar-refractivity contribution >= 4 is 22.7 Å². The molecule has 23 heavy (non-hydrogen) atoms. The van der Waals surface area contributed by atoms with E-state index in [1.807, 2.05) is 0 Å². The van der Waals surface area contributed by atoms with Gasteiger partial charge in [-0.1, -0.05) is 0 Å². The number of rotatable bonds is 3. The lowest BCUT2D eigenvalue weighted by Crippen LogP contribution is -2.29. The zero-order chi connectivity index (χ0) is 16.7. The molecule has 0 fully saturated rings. The Balaban J connectivity index is 2.33. The van der Waals surface area contributed by atoms with Crippen molar-refractivity contribution in [3.05, 3.63) is 53.8 Å². The number of aromatic nitrogens is 5. The minimum absolute atomic E-state index is 0.0364. The summed E-state index contributed by atoms with van der Waals surface area (Å²) >= 11 is 0. The Morgan fingerprint density at radius 3 is 2.61 bits per heavy atom. The Morgan fingerprint density at radius 2 is 2.00 bits per heavy atom. The zero-order valence-electron chi connectivity index (χ0n) is 11.8. The number of nitro groups is 1. The van der Waals surface area contributed by atoms with Crippen LogP contribution in [0.25, 0.3) is 11.0 Å². The lowest BCUT2D eigenvalue weighted by molar-refractivity contribution is -0.385. The highest BCUT2D eigenvalue weighted by molar-refractivity contribution is 5.83. The molecule has 0 aliphatic heterocycles. The van der Waals surface area contributed by atoms with E-state index in [9.17, 15) is 19.7 Å². The predicted octanol–water partition coefficient (Wildman–Crippen LogP) is -0.276. The van der Waals surface area contributed by atoms with Crippen LogP contribution in [0.4, 0.5) is 11.6 Å². The van der Waals surface area contributed by atoms with E-state index in [2.05, 4.69) is 25.1 Å². The van der Waals surface area contributed by atoms with E-state index in [4.69, 9.17) is 5.73 Å². The second-order valence-electron chi connectivity index (χ2n) is 4.90. The average Bonchev–Trinajstić information content (AvgIpc) is 2.89. The summed E-state index contributed by atoms with van der Waals surface area (Å²) in [6.45, 7) is 1.55. The molecule has 0 saturated carbocycles. The third-order valence-electron chi connectivity index (χ3n) is 3.47. The topological polar surface area (TPSA) is 176 Å². The number of nitrogens with zero attached hydrogens (tertiary/aromatic N) is 3. The number of H-pyrrole nitrogens is 3. The molecule has 0 amide bonds. The summed E-state index contributed by atoms with van der Waals surface area (Å²) in [5, 5.41) is 17.5. The maximum atomic E-state index is 11.6. The second-order valence-corrected chi connectivity index (χ2v) is 4.90. The van der Waals surface area contributed by atoms with Gasteiger partial charge in [0.15, 0.2) is 0 Å². The summed E-state index contributed by atoms with van der Waals surface area (Å²) in [6.07, 6.45) is 0.121. The maximum absolute atomic E-state index is 11.6. The molecular weight excluding hydrogens is 306 g/mol. The van der Waals surface area contributed by atoms with Crippen LogP contribution in [0, 0.1) is 17.0 Å². The van der Waals surface area contributed by atoms with Gasteiger partial charge in [0.25, 0.3) is 5.69 Å². The maximum Gasteiger partial charge on any atom is 0.314 e. The molecule has 0 aliphatic rings. The van der Waals surface area contributed by atoms with Crippen molar-refractivity contribution in [1.82, 2.24) is 25.1 Å². The van der Waals surface area contributed by atoms with E-state index >= 15 is 0 Å². The van der Waals surface area contributed by atoms with E-state index in [1.165, 1.54) is 6.07 Å². The van der Waals surface area contributed by atoms with Gasteiger partial charge in [-0.3, -0.25) is 24.8 Å². The lowest BCUT2D eigenvalue weighted by Gasteiger charge is -2.09. The number of nitro benzene ring substituents is 1. The van der Waals surface area contributed by atoms with Crippen LogP contribution in [0.2, 0.25) is 0 Å². The standard InChI is InChI=1S/C12H11N7O4/c1-4-5(2-8-15-12(13)18-17-8)9-6(3-7(4)19(22)23)14-10(20)11(21)16-9/h3H,2H2,1H3,(H,14,20)(H,16,21)(H3,13,15,17,18). The molecule has 11 heteroatoms. The number of hydrogen-bond acceptors (Lipinski definition) is 7.